The van der Waals surface area contributed by atoms with E-state index < -0.39 is 0 Å². The third kappa shape index (κ3) is 4.00. The predicted octanol–water partition coefficient (Wildman–Crippen LogP) is 1.33. The normalized spacial score (nSPS) is 21.9. The minimum absolute atomic E-state index is 0.0580. The van der Waals surface area contributed by atoms with Gasteiger partial charge in [0.05, 0.1) is 13.0 Å². The van der Waals surface area contributed by atoms with Gasteiger partial charge in [0.2, 0.25) is 0 Å². The van der Waals surface area contributed by atoms with Crippen molar-refractivity contribution in [3.63, 3.8) is 0 Å². The van der Waals surface area contributed by atoms with Crippen LogP contribution in [0.5, 0.6) is 0 Å². The lowest BCUT2D eigenvalue weighted by Crippen LogP contribution is -2.49. The summed E-state index contributed by atoms with van der Waals surface area (Å²) in [5.41, 5.74) is 0. The second-order valence-electron chi connectivity index (χ2n) is 5.49. The first kappa shape index (κ1) is 15.4. The number of esters is 1. The summed E-state index contributed by atoms with van der Waals surface area (Å²) in [5, 5.41) is 2.92. The number of piperidine rings is 1. The number of urea groups is 1. The van der Waals surface area contributed by atoms with Crippen molar-refractivity contribution in [1.29, 1.82) is 0 Å². The molecule has 1 aliphatic heterocycles. The van der Waals surface area contributed by atoms with Crippen LogP contribution in [-0.4, -0.2) is 48.2 Å². The predicted molar refractivity (Wildman–Crippen MR) is 78.7 cm³/mol. The molecule has 6 heteroatoms. The monoisotopic (exact) mass is 293 g/mol. The fraction of sp³-hybridized carbons (Fsp3) is 0.600. The van der Waals surface area contributed by atoms with E-state index in [0.717, 1.165) is 6.54 Å². The number of ether oxygens (including phenoxy) is 1. The van der Waals surface area contributed by atoms with Crippen molar-refractivity contribution in [3.8, 4) is 0 Å². The van der Waals surface area contributed by atoms with Crippen molar-refractivity contribution in [2.24, 2.45) is 11.8 Å². The molecule has 116 valence electrons. The maximum Gasteiger partial charge on any atom is 0.317 e. The molecule has 0 spiro atoms. The lowest BCUT2D eigenvalue weighted by molar-refractivity contribution is -0.148. The zero-order chi connectivity index (χ0) is 15.2. The number of aromatic nitrogens is 1. The molecular weight excluding hydrogens is 270 g/mol. The molecule has 6 nitrogen and oxygen atoms in total. The van der Waals surface area contributed by atoms with E-state index >= 15 is 0 Å². The van der Waals surface area contributed by atoms with Gasteiger partial charge in [-0.1, -0.05) is 6.92 Å². The summed E-state index contributed by atoms with van der Waals surface area (Å²) < 4.78 is 6.82. The van der Waals surface area contributed by atoms with Gasteiger partial charge in [0, 0.05) is 38.6 Å². The second kappa shape index (κ2) is 7.15. The number of hydrogen-bond donors (Lipinski definition) is 1. The van der Waals surface area contributed by atoms with E-state index in [1.54, 1.807) is 4.90 Å². The molecule has 2 atom stereocenters. The number of likely N-dealkylation sites (tertiary alicyclic amines) is 1. The van der Waals surface area contributed by atoms with Gasteiger partial charge in [-0.2, -0.15) is 0 Å². The summed E-state index contributed by atoms with van der Waals surface area (Å²) in [4.78, 5) is 25.5. The summed E-state index contributed by atoms with van der Waals surface area (Å²) in [6, 6.07) is 3.86. The summed E-state index contributed by atoms with van der Waals surface area (Å²) in [6.07, 6.45) is 4.60. The Labute approximate surface area is 125 Å². The number of carbonyl (C=O) groups is 2. The van der Waals surface area contributed by atoms with Crippen LogP contribution in [-0.2, 0) is 16.1 Å². The summed E-state index contributed by atoms with van der Waals surface area (Å²) in [5.74, 6) is -0.143. The minimum atomic E-state index is -0.171. The third-order valence-electron chi connectivity index (χ3n) is 4.01. The van der Waals surface area contributed by atoms with Gasteiger partial charge in [0.15, 0.2) is 0 Å². The molecule has 0 bridgehead atoms. The maximum absolute atomic E-state index is 12.1. The number of nitrogens with one attached hydrogen (secondary N) is 1. The van der Waals surface area contributed by atoms with E-state index in [0.29, 0.717) is 26.1 Å². The Hall–Kier alpha value is -1.98. The maximum atomic E-state index is 12.1. The van der Waals surface area contributed by atoms with E-state index in [4.69, 9.17) is 4.74 Å². The zero-order valence-electron chi connectivity index (χ0n) is 12.6. The topological polar surface area (TPSA) is 63.6 Å². The summed E-state index contributed by atoms with van der Waals surface area (Å²) in [6.45, 7) is 4.53. The van der Waals surface area contributed by atoms with Crippen LogP contribution in [0.4, 0.5) is 4.79 Å². The number of amides is 2. The van der Waals surface area contributed by atoms with E-state index in [1.165, 1.54) is 7.11 Å². The molecule has 0 aliphatic carbocycles. The molecular formula is C15H23N3O3. The SMILES string of the molecule is COC(=O)[C@@H]1CCN(C(=O)NCCn2cccc2)C[C@H]1C. The molecule has 21 heavy (non-hydrogen) atoms. The summed E-state index contributed by atoms with van der Waals surface area (Å²) in [7, 11) is 1.41. The van der Waals surface area contributed by atoms with Gasteiger partial charge in [0.25, 0.3) is 0 Å². The Kier molecular flexibility index (Phi) is 5.25. The second-order valence-corrected chi connectivity index (χ2v) is 5.49. The molecule has 0 saturated carbocycles. The standard InChI is InChI=1S/C15H23N3O3/c1-12-11-18(9-5-13(12)14(19)21-2)15(20)16-6-10-17-7-3-4-8-17/h3-4,7-8,12-13H,5-6,9-11H2,1-2H3,(H,16,20)/t12-,13-/m1/s1. The molecule has 1 fully saturated rings. The van der Waals surface area contributed by atoms with Crippen LogP contribution in [0.25, 0.3) is 0 Å². The molecule has 0 radical (unpaired) electrons. The van der Waals surface area contributed by atoms with E-state index in [1.807, 2.05) is 36.0 Å². The van der Waals surface area contributed by atoms with Gasteiger partial charge in [-0.25, -0.2) is 4.79 Å². The van der Waals surface area contributed by atoms with Crippen molar-refractivity contribution in [3.05, 3.63) is 24.5 Å². The third-order valence-corrected chi connectivity index (χ3v) is 4.01. The van der Waals surface area contributed by atoms with Crippen LogP contribution >= 0.6 is 0 Å². The number of nitrogens with zero attached hydrogens (tertiary/aromatic N) is 2. The van der Waals surface area contributed by atoms with Gasteiger partial charge < -0.3 is 19.5 Å². The fourth-order valence-electron chi connectivity index (χ4n) is 2.75. The zero-order valence-corrected chi connectivity index (χ0v) is 12.6. The van der Waals surface area contributed by atoms with Crippen molar-refractivity contribution in [1.82, 2.24) is 14.8 Å². The highest BCUT2D eigenvalue weighted by molar-refractivity contribution is 5.76. The van der Waals surface area contributed by atoms with Crippen molar-refractivity contribution < 1.29 is 14.3 Å². The first-order valence-corrected chi connectivity index (χ1v) is 7.33. The van der Waals surface area contributed by atoms with Gasteiger partial charge in [-0.15, -0.1) is 0 Å². The Bertz CT molecular complexity index is 473. The molecule has 1 aromatic heterocycles. The highest BCUT2D eigenvalue weighted by Crippen LogP contribution is 2.24. The van der Waals surface area contributed by atoms with E-state index in [9.17, 15) is 9.59 Å². The highest BCUT2D eigenvalue weighted by Gasteiger charge is 2.33. The molecule has 0 unspecified atom stereocenters. The number of carbonyl (C=O) groups excluding carboxylic acids is 2. The fourth-order valence-corrected chi connectivity index (χ4v) is 2.75. The van der Waals surface area contributed by atoms with Gasteiger partial charge in [-0.3, -0.25) is 4.79 Å². The summed E-state index contributed by atoms with van der Waals surface area (Å²) >= 11 is 0. The average Bonchev–Trinajstić information content (AvgIpc) is 2.99. The molecule has 0 aromatic carbocycles. The quantitative estimate of drug-likeness (QED) is 0.852. The lowest BCUT2D eigenvalue weighted by Gasteiger charge is -2.35. The number of methoxy groups -OCH3 is 1. The Morgan fingerprint density at radius 3 is 2.67 bits per heavy atom. The minimum Gasteiger partial charge on any atom is -0.469 e. The van der Waals surface area contributed by atoms with Gasteiger partial charge in [-0.05, 0) is 24.5 Å². The van der Waals surface area contributed by atoms with Crippen LogP contribution in [0.3, 0.4) is 0 Å². The first-order chi connectivity index (χ1) is 10.1. The van der Waals surface area contributed by atoms with Crippen LogP contribution < -0.4 is 5.32 Å². The van der Waals surface area contributed by atoms with Crippen molar-refractivity contribution in [2.75, 3.05) is 26.7 Å². The number of hydrogen-bond acceptors (Lipinski definition) is 3. The first-order valence-electron chi connectivity index (χ1n) is 7.33. The average molecular weight is 293 g/mol. The highest BCUT2D eigenvalue weighted by atomic mass is 16.5. The lowest BCUT2D eigenvalue weighted by atomic mass is 9.87. The van der Waals surface area contributed by atoms with Crippen LogP contribution in [0.2, 0.25) is 0 Å². The largest absolute Gasteiger partial charge is 0.469 e. The Morgan fingerprint density at radius 1 is 1.33 bits per heavy atom. The van der Waals surface area contributed by atoms with E-state index in [-0.39, 0.29) is 23.8 Å². The Morgan fingerprint density at radius 2 is 2.05 bits per heavy atom. The van der Waals surface area contributed by atoms with Crippen molar-refractivity contribution >= 4 is 12.0 Å². The van der Waals surface area contributed by atoms with Crippen LogP contribution in [0.1, 0.15) is 13.3 Å². The smallest absolute Gasteiger partial charge is 0.317 e. The molecule has 2 rings (SSSR count). The van der Waals surface area contributed by atoms with Gasteiger partial charge >= 0.3 is 12.0 Å². The van der Waals surface area contributed by atoms with Crippen LogP contribution in [0.15, 0.2) is 24.5 Å². The molecule has 2 amide bonds. The Balaban J connectivity index is 1.75. The van der Waals surface area contributed by atoms with Gasteiger partial charge in [0.1, 0.15) is 0 Å². The molecule has 2 heterocycles. The molecule has 1 aromatic rings. The number of rotatable bonds is 4. The van der Waals surface area contributed by atoms with Crippen LogP contribution in [0, 0.1) is 11.8 Å². The van der Waals surface area contributed by atoms with E-state index in [2.05, 4.69) is 5.32 Å². The molecule has 1 N–H and O–H groups in total. The van der Waals surface area contributed by atoms with Crippen molar-refractivity contribution in [2.45, 2.75) is 19.9 Å². The molecule has 1 aliphatic rings. The molecule has 1 saturated heterocycles.